The summed E-state index contributed by atoms with van der Waals surface area (Å²) in [5.74, 6) is 0. The average Bonchev–Trinajstić information content (AvgIpc) is 2.80. The van der Waals surface area contributed by atoms with Crippen LogP contribution >= 0.6 is 0 Å². The van der Waals surface area contributed by atoms with E-state index < -0.39 is 0 Å². The topological polar surface area (TPSA) is 29.9 Å². The van der Waals surface area contributed by atoms with Crippen molar-refractivity contribution in [3.8, 4) is 11.1 Å². The third-order valence-electron chi connectivity index (χ3n) is 3.63. The third-order valence-corrected chi connectivity index (χ3v) is 3.63. The lowest BCUT2D eigenvalue weighted by atomic mass is 9.96. The molecule has 0 radical (unpaired) electrons. The smallest absolute Gasteiger partial charge is 0.0672 e. The van der Waals surface area contributed by atoms with Crippen LogP contribution in [0.3, 0.4) is 0 Å². The van der Waals surface area contributed by atoms with Gasteiger partial charge in [-0.25, -0.2) is 0 Å². The molecule has 0 spiro atoms. The van der Waals surface area contributed by atoms with E-state index in [1.807, 2.05) is 0 Å². The van der Waals surface area contributed by atoms with Crippen LogP contribution in [0.25, 0.3) is 11.1 Å². The minimum absolute atomic E-state index is 0.352. The molecule has 3 nitrogen and oxygen atoms in total. The van der Waals surface area contributed by atoms with Gasteiger partial charge >= 0.3 is 0 Å². The molecule has 0 bridgehead atoms. The molecule has 0 aliphatic rings. The van der Waals surface area contributed by atoms with E-state index in [0.717, 1.165) is 25.2 Å². The van der Waals surface area contributed by atoms with E-state index in [2.05, 4.69) is 73.3 Å². The standard InChI is InChI=1S/C17H25N3/c1-5-11-20-12-17(14(4)19-20)16-10-8-7-9-15(16)13(3)18-6-2/h7-10,12-13,18H,5-6,11H2,1-4H3. The van der Waals surface area contributed by atoms with Crippen molar-refractivity contribution in [2.24, 2.45) is 0 Å². The van der Waals surface area contributed by atoms with Gasteiger partial charge in [-0.1, -0.05) is 38.1 Å². The molecule has 0 saturated heterocycles. The molecule has 3 heteroatoms. The summed E-state index contributed by atoms with van der Waals surface area (Å²) >= 11 is 0. The summed E-state index contributed by atoms with van der Waals surface area (Å²) in [4.78, 5) is 0. The van der Waals surface area contributed by atoms with Crippen LogP contribution in [-0.4, -0.2) is 16.3 Å². The number of benzene rings is 1. The van der Waals surface area contributed by atoms with E-state index in [4.69, 9.17) is 0 Å². The summed E-state index contributed by atoms with van der Waals surface area (Å²) in [6.45, 7) is 10.6. The third kappa shape index (κ3) is 3.10. The van der Waals surface area contributed by atoms with Crippen molar-refractivity contribution in [1.82, 2.24) is 15.1 Å². The summed E-state index contributed by atoms with van der Waals surface area (Å²) in [6, 6.07) is 8.97. The van der Waals surface area contributed by atoms with Gasteiger partial charge in [0, 0.05) is 24.3 Å². The zero-order valence-electron chi connectivity index (χ0n) is 13.0. The Morgan fingerprint density at radius 1 is 1.20 bits per heavy atom. The molecule has 1 unspecified atom stereocenters. The Labute approximate surface area is 122 Å². The minimum Gasteiger partial charge on any atom is -0.310 e. The van der Waals surface area contributed by atoms with Crippen LogP contribution in [0, 0.1) is 6.92 Å². The maximum absolute atomic E-state index is 4.62. The Balaban J connectivity index is 2.42. The highest BCUT2D eigenvalue weighted by Crippen LogP contribution is 2.30. The van der Waals surface area contributed by atoms with E-state index in [1.54, 1.807) is 0 Å². The summed E-state index contributed by atoms with van der Waals surface area (Å²) in [7, 11) is 0. The molecule has 0 amide bonds. The first-order valence-corrected chi connectivity index (χ1v) is 7.54. The summed E-state index contributed by atoms with van der Waals surface area (Å²) < 4.78 is 2.05. The van der Waals surface area contributed by atoms with Gasteiger partial charge in [-0.3, -0.25) is 4.68 Å². The van der Waals surface area contributed by atoms with Gasteiger partial charge in [0.05, 0.1) is 5.69 Å². The number of nitrogens with one attached hydrogen (secondary N) is 1. The first kappa shape index (κ1) is 14.8. The van der Waals surface area contributed by atoms with Crippen molar-refractivity contribution >= 4 is 0 Å². The molecule has 0 fully saturated rings. The van der Waals surface area contributed by atoms with E-state index in [0.29, 0.717) is 6.04 Å². The molecule has 0 saturated carbocycles. The maximum Gasteiger partial charge on any atom is 0.0672 e. The first-order chi connectivity index (χ1) is 9.67. The van der Waals surface area contributed by atoms with Crippen LogP contribution in [-0.2, 0) is 6.54 Å². The van der Waals surface area contributed by atoms with Crippen LogP contribution in [0.5, 0.6) is 0 Å². The molecule has 1 atom stereocenters. The van der Waals surface area contributed by atoms with Crippen LogP contribution < -0.4 is 5.32 Å². The zero-order chi connectivity index (χ0) is 14.5. The van der Waals surface area contributed by atoms with Crippen molar-refractivity contribution in [2.75, 3.05) is 6.54 Å². The second kappa shape index (κ2) is 6.71. The summed E-state index contributed by atoms with van der Waals surface area (Å²) in [5.41, 5.74) is 4.99. The number of rotatable bonds is 6. The van der Waals surface area contributed by atoms with Crippen LogP contribution in [0.15, 0.2) is 30.5 Å². The van der Waals surface area contributed by atoms with Crippen LogP contribution in [0.1, 0.15) is 44.5 Å². The predicted molar refractivity (Wildman–Crippen MR) is 84.8 cm³/mol. The lowest BCUT2D eigenvalue weighted by Crippen LogP contribution is -2.18. The highest BCUT2D eigenvalue weighted by molar-refractivity contribution is 5.69. The lowest BCUT2D eigenvalue weighted by Gasteiger charge is -2.16. The largest absolute Gasteiger partial charge is 0.310 e. The van der Waals surface area contributed by atoms with Gasteiger partial charge in [-0.05, 0) is 37.9 Å². The minimum atomic E-state index is 0.352. The Kier molecular flexibility index (Phi) is 4.96. The molecule has 1 aromatic carbocycles. The fourth-order valence-electron chi connectivity index (χ4n) is 2.66. The first-order valence-electron chi connectivity index (χ1n) is 7.54. The average molecular weight is 271 g/mol. The predicted octanol–water partition coefficient (Wildman–Crippen LogP) is 3.94. The van der Waals surface area contributed by atoms with Crippen LogP contribution in [0.2, 0.25) is 0 Å². The number of nitrogens with zero attached hydrogens (tertiary/aromatic N) is 2. The second-order valence-electron chi connectivity index (χ2n) is 5.26. The highest BCUT2D eigenvalue weighted by Gasteiger charge is 2.14. The van der Waals surface area contributed by atoms with Crippen molar-refractivity contribution in [3.05, 3.63) is 41.7 Å². The molecule has 2 rings (SSSR count). The monoisotopic (exact) mass is 271 g/mol. The quantitative estimate of drug-likeness (QED) is 0.862. The van der Waals surface area contributed by atoms with E-state index in [1.165, 1.54) is 16.7 Å². The fraction of sp³-hybridized carbons (Fsp3) is 0.471. The van der Waals surface area contributed by atoms with Crippen LogP contribution in [0.4, 0.5) is 0 Å². The molecular formula is C17H25N3. The van der Waals surface area contributed by atoms with Gasteiger partial charge in [-0.2, -0.15) is 5.10 Å². The van der Waals surface area contributed by atoms with Crippen molar-refractivity contribution in [2.45, 2.75) is 46.7 Å². The summed E-state index contributed by atoms with van der Waals surface area (Å²) in [5, 5.41) is 8.12. The fourth-order valence-corrected chi connectivity index (χ4v) is 2.66. The Morgan fingerprint density at radius 3 is 2.65 bits per heavy atom. The van der Waals surface area contributed by atoms with Crippen molar-refractivity contribution in [1.29, 1.82) is 0 Å². The number of hydrogen-bond donors (Lipinski definition) is 1. The molecule has 2 aromatic rings. The van der Waals surface area contributed by atoms with Gasteiger partial charge in [0.25, 0.3) is 0 Å². The Morgan fingerprint density at radius 2 is 1.95 bits per heavy atom. The Bertz CT molecular complexity index is 557. The normalized spacial score (nSPS) is 12.6. The highest BCUT2D eigenvalue weighted by atomic mass is 15.3. The van der Waals surface area contributed by atoms with Crippen molar-refractivity contribution < 1.29 is 0 Å². The molecule has 108 valence electrons. The zero-order valence-corrected chi connectivity index (χ0v) is 13.0. The van der Waals surface area contributed by atoms with E-state index >= 15 is 0 Å². The maximum atomic E-state index is 4.62. The number of hydrogen-bond acceptors (Lipinski definition) is 2. The molecule has 1 aromatic heterocycles. The van der Waals surface area contributed by atoms with Gasteiger partial charge in [0.1, 0.15) is 0 Å². The lowest BCUT2D eigenvalue weighted by molar-refractivity contribution is 0.597. The molecule has 20 heavy (non-hydrogen) atoms. The van der Waals surface area contributed by atoms with Crippen molar-refractivity contribution in [3.63, 3.8) is 0 Å². The number of aryl methyl sites for hydroxylation is 2. The summed E-state index contributed by atoms with van der Waals surface area (Å²) in [6.07, 6.45) is 3.28. The number of aromatic nitrogens is 2. The second-order valence-corrected chi connectivity index (χ2v) is 5.26. The van der Waals surface area contributed by atoms with E-state index in [9.17, 15) is 0 Å². The van der Waals surface area contributed by atoms with Gasteiger partial charge in [0.15, 0.2) is 0 Å². The molecule has 0 aliphatic carbocycles. The SMILES string of the molecule is CCCn1cc(-c2ccccc2C(C)NCC)c(C)n1. The molecule has 0 aliphatic heterocycles. The molecule has 1 heterocycles. The van der Waals surface area contributed by atoms with Gasteiger partial charge in [-0.15, -0.1) is 0 Å². The van der Waals surface area contributed by atoms with Gasteiger partial charge in [0.2, 0.25) is 0 Å². The Hall–Kier alpha value is -1.61. The van der Waals surface area contributed by atoms with Gasteiger partial charge < -0.3 is 5.32 Å². The molecular weight excluding hydrogens is 246 g/mol. The molecule has 1 N–H and O–H groups in total. The van der Waals surface area contributed by atoms with E-state index in [-0.39, 0.29) is 0 Å².